The van der Waals surface area contributed by atoms with Gasteiger partial charge in [-0.1, -0.05) is 6.92 Å². The minimum absolute atomic E-state index is 0.341. The van der Waals surface area contributed by atoms with Crippen molar-refractivity contribution < 1.29 is 14.6 Å². The summed E-state index contributed by atoms with van der Waals surface area (Å²) in [5.74, 6) is -1.22. The summed E-state index contributed by atoms with van der Waals surface area (Å²) in [6, 6.07) is 0. The molecule has 1 N–H and O–H groups in total. The topological polar surface area (TPSA) is 64.3 Å². The molecular weight excluding hydrogens is 220 g/mol. The maximum absolute atomic E-state index is 11.2. The molecule has 5 nitrogen and oxygen atoms in total. The Bertz CT molecular complexity index is 389. The van der Waals surface area contributed by atoms with E-state index >= 15 is 0 Å². The van der Waals surface area contributed by atoms with E-state index in [4.69, 9.17) is 4.74 Å². The van der Waals surface area contributed by atoms with Gasteiger partial charge in [0.15, 0.2) is 0 Å². The highest BCUT2D eigenvalue weighted by molar-refractivity contribution is 5.71. The standard InChI is InChI=1S/C12H18N2O3/c1-2-5-14-8-9(7-13-14)11-10(12(15)16)4-3-6-17-11/h7-8,10-11H,2-6H2,1H3,(H,15,16). The van der Waals surface area contributed by atoms with Gasteiger partial charge in [0.2, 0.25) is 0 Å². The van der Waals surface area contributed by atoms with E-state index in [1.807, 2.05) is 10.9 Å². The Kier molecular flexibility index (Phi) is 3.78. The Morgan fingerprint density at radius 3 is 3.24 bits per heavy atom. The SMILES string of the molecule is CCCn1cc(C2OCCCC2C(=O)O)cn1. The lowest BCUT2D eigenvalue weighted by Crippen LogP contribution is -2.28. The normalized spacial score (nSPS) is 24.8. The molecule has 17 heavy (non-hydrogen) atoms. The molecule has 0 aliphatic carbocycles. The first kappa shape index (κ1) is 12.1. The largest absolute Gasteiger partial charge is 0.481 e. The number of ether oxygens (including phenoxy) is 1. The predicted molar refractivity (Wildman–Crippen MR) is 61.6 cm³/mol. The number of aromatic nitrogens is 2. The summed E-state index contributed by atoms with van der Waals surface area (Å²) in [7, 11) is 0. The van der Waals surface area contributed by atoms with E-state index in [1.54, 1.807) is 6.20 Å². The third-order valence-electron chi connectivity index (χ3n) is 3.07. The molecule has 2 atom stereocenters. The van der Waals surface area contributed by atoms with Gasteiger partial charge in [-0.05, 0) is 19.3 Å². The van der Waals surface area contributed by atoms with Crippen LogP contribution in [0.3, 0.4) is 0 Å². The first-order chi connectivity index (χ1) is 8.22. The van der Waals surface area contributed by atoms with E-state index in [0.29, 0.717) is 13.0 Å². The number of aliphatic carboxylic acids is 1. The van der Waals surface area contributed by atoms with Gasteiger partial charge in [-0.2, -0.15) is 5.10 Å². The summed E-state index contributed by atoms with van der Waals surface area (Å²) in [5.41, 5.74) is 0.880. The van der Waals surface area contributed by atoms with Crippen molar-refractivity contribution in [1.82, 2.24) is 9.78 Å². The molecule has 2 rings (SSSR count). The summed E-state index contributed by atoms with van der Waals surface area (Å²) in [4.78, 5) is 11.2. The zero-order chi connectivity index (χ0) is 12.3. The molecule has 94 valence electrons. The van der Waals surface area contributed by atoms with Gasteiger partial charge < -0.3 is 9.84 Å². The first-order valence-electron chi connectivity index (χ1n) is 6.09. The van der Waals surface area contributed by atoms with Crippen molar-refractivity contribution in [3.8, 4) is 0 Å². The maximum atomic E-state index is 11.2. The smallest absolute Gasteiger partial charge is 0.309 e. The van der Waals surface area contributed by atoms with Crippen molar-refractivity contribution in [2.45, 2.75) is 38.8 Å². The lowest BCUT2D eigenvalue weighted by molar-refractivity contribution is -0.151. The van der Waals surface area contributed by atoms with Crippen molar-refractivity contribution in [2.24, 2.45) is 5.92 Å². The quantitative estimate of drug-likeness (QED) is 0.869. The van der Waals surface area contributed by atoms with Crippen molar-refractivity contribution in [1.29, 1.82) is 0 Å². The summed E-state index contributed by atoms with van der Waals surface area (Å²) in [6.45, 7) is 3.57. The summed E-state index contributed by atoms with van der Waals surface area (Å²) < 4.78 is 7.43. The zero-order valence-corrected chi connectivity index (χ0v) is 10.0. The molecule has 1 aliphatic rings. The maximum Gasteiger partial charge on any atom is 0.309 e. The molecule has 2 heterocycles. The van der Waals surface area contributed by atoms with Crippen LogP contribution in [0.2, 0.25) is 0 Å². The number of aryl methyl sites for hydroxylation is 1. The lowest BCUT2D eigenvalue weighted by Gasteiger charge is -2.28. The lowest BCUT2D eigenvalue weighted by atomic mass is 9.91. The highest BCUT2D eigenvalue weighted by Crippen LogP contribution is 2.33. The van der Waals surface area contributed by atoms with Gasteiger partial charge in [0, 0.05) is 24.9 Å². The van der Waals surface area contributed by atoms with Crippen LogP contribution in [0.4, 0.5) is 0 Å². The van der Waals surface area contributed by atoms with Gasteiger partial charge in [-0.15, -0.1) is 0 Å². The van der Waals surface area contributed by atoms with Gasteiger partial charge in [-0.25, -0.2) is 0 Å². The van der Waals surface area contributed by atoms with Gasteiger partial charge in [0.05, 0.1) is 18.2 Å². The third-order valence-corrected chi connectivity index (χ3v) is 3.07. The fraction of sp³-hybridized carbons (Fsp3) is 0.667. The number of nitrogens with zero attached hydrogens (tertiary/aromatic N) is 2. The number of carbonyl (C=O) groups is 1. The van der Waals surface area contributed by atoms with Crippen LogP contribution in [0.25, 0.3) is 0 Å². The molecule has 1 fully saturated rings. The van der Waals surface area contributed by atoms with Gasteiger partial charge in [0.1, 0.15) is 0 Å². The van der Waals surface area contributed by atoms with E-state index in [1.165, 1.54) is 0 Å². The van der Waals surface area contributed by atoms with Crippen LogP contribution in [-0.2, 0) is 16.1 Å². The Balaban J connectivity index is 2.14. The second-order valence-corrected chi connectivity index (χ2v) is 4.42. The van der Waals surface area contributed by atoms with E-state index in [2.05, 4.69) is 12.0 Å². The number of rotatable bonds is 4. The molecule has 1 aromatic rings. The van der Waals surface area contributed by atoms with E-state index in [-0.39, 0.29) is 6.10 Å². The van der Waals surface area contributed by atoms with Crippen LogP contribution in [0.1, 0.15) is 37.9 Å². The minimum Gasteiger partial charge on any atom is -0.481 e. The molecule has 0 aromatic carbocycles. The predicted octanol–water partition coefficient (Wildman–Crippen LogP) is 1.85. The fourth-order valence-electron chi connectivity index (χ4n) is 2.24. The molecular formula is C12H18N2O3. The van der Waals surface area contributed by atoms with Crippen LogP contribution >= 0.6 is 0 Å². The molecule has 0 radical (unpaired) electrons. The molecule has 1 saturated heterocycles. The third kappa shape index (κ3) is 2.66. The number of hydrogen-bond donors (Lipinski definition) is 1. The van der Waals surface area contributed by atoms with Gasteiger partial charge in [0.25, 0.3) is 0 Å². The minimum atomic E-state index is -0.780. The van der Waals surface area contributed by atoms with Crippen LogP contribution in [0.5, 0.6) is 0 Å². The molecule has 0 bridgehead atoms. The zero-order valence-electron chi connectivity index (χ0n) is 10.0. The Hall–Kier alpha value is -1.36. The number of carboxylic acid groups (broad SMARTS) is 1. The summed E-state index contributed by atoms with van der Waals surface area (Å²) >= 11 is 0. The monoisotopic (exact) mass is 238 g/mol. The first-order valence-corrected chi connectivity index (χ1v) is 6.09. The molecule has 0 saturated carbocycles. The number of hydrogen-bond acceptors (Lipinski definition) is 3. The van der Waals surface area contributed by atoms with Gasteiger partial charge >= 0.3 is 5.97 Å². The van der Waals surface area contributed by atoms with Crippen molar-refractivity contribution in [2.75, 3.05) is 6.61 Å². The average molecular weight is 238 g/mol. The second-order valence-electron chi connectivity index (χ2n) is 4.42. The second kappa shape index (κ2) is 5.31. The van der Waals surface area contributed by atoms with Crippen molar-refractivity contribution in [3.05, 3.63) is 18.0 Å². The average Bonchev–Trinajstić information content (AvgIpc) is 2.78. The molecule has 5 heteroatoms. The summed E-state index contributed by atoms with van der Waals surface area (Å²) in [6.07, 6.45) is 5.79. The van der Waals surface area contributed by atoms with E-state index in [0.717, 1.165) is 24.9 Å². The Labute approximate surface area is 100 Å². The van der Waals surface area contributed by atoms with Crippen molar-refractivity contribution in [3.63, 3.8) is 0 Å². The van der Waals surface area contributed by atoms with Gasteiger partial charge in [-0.3, -0.25) is 9.48 Å². The van der Waals surface area contributed by atoms with E-state index in [9.17, 15) is 9.90 Å². The van der Waals surface area contributed by atoms with E-state index < -0.39 is 11.9 Å². The number of carboxylic acids is 1. The van der Waals surface area contributed by atoms with Crippen LogP contribution in [0, 0.1) is 5.92 Å². The highest BCUT2D eigenvalue weighted by Gasteiger charge is 2.33. The molecule has 0 amide bonds. The summed E-state index contributed by atoms with van der Waals surface area (Å²) in [5, 5.41) is 13.4. The van der Waals surface area contributed by atoms with Crippen molar-refractivity contribution >= 4 is 5.97 Å². The highest BCUT2D eigenvalue weighted by atomic mass is 16.5. The molecule has 0 spiro atoms. The van der Waals surface area contributed by atoms with Crippen LogP contribution in [-0.4, -0.2) is 27.5 Å². The van der Waals surface area contributed by atoms with Crippen LogP contribution < -0.4 is 0 Å². The molecule has 1 aliphatic heterocycles. The molecule has 2 unspecified atom stereocenters. The fourth-order valence-corrected chi connectivity index (χ4v) is 2.24. The molecule has 1 aromatic heterocycles. The Morgan fingerprint density at radius 1 is 1.71 bits per heavy atom. The van der Waals surface area contributed by atoms with Crippen LogP contribution in [0.15, 0.2) is 12.4 Å². The Morgan fingerprint density at radius 2 is 2.53 bits per heavy atom.